The van der Waals surface area contributed by atoms with E-state index in [1.807, 2.05) is 12.3 Å². The number of rotatable bonds is 5. The van der Waals surface area contributed by atoms with Crippen LogP contribution in [0.1, 0.15) is 17.6 Å². The van der Waals surface area contributed by atoms with Crippen LogP contribution < -0.4 is 4.90 Å². The minimum atomic E-state index is -0.316. The second kappa shape index (κ2) is 6.81. The van der Waals surface area contributed by atoms with E-state index in [2.05, 4.69) is 4.98 Å². The predicted molar refractivity (Wildman–Crippen MR) is 79.8 cm³/mol. The van der Waals surface area contributed by atoms with Crippen molar-refractivity contribution in [1.29, 1.82) is 0 Å². The van der Waals surface area contributed by atoms with Gasteiger partial charge in [-0.3, -0.25) is 4.79 Å². The van der Waals surface area contributed by atoms with Crippen molar-refractivity contribution >= 4 is 34.5 Å². The van der Waals surface area contributed by atoms with Crippen molar-refractivity contribution < 1.29 is 9.18 Å². The first-order valence-electron chi connectivity index (χ1n) is 6.19. The molecule has 1 amide bonds. The van der Waals surface area contributed by atoms with Gasteiger partial charge >= 0.3 is 0 Å². The summed E-state index contributed by atoms with van der Waals surface area (Å²) < 4.78 is 12.9. The standard InChI is InChI=1S/C14H14ClFN2OS/c1-2-18(12-5-3-10(16)4-6-12)14(19)7-13-17-11(8-15)9-20-13/h3-6,9H,2,7-8H2,1H3. The fourth-order valence-corrected chi connectivity index (χ4v) is 2.85. The summed E-state index contributed by atoms with van der Waals surface area (Å²) in [6.07, 6.45) is 0.229. The second-order valence-corrected chi connectivity index (χ2v) is 5.37. The van der Waals surface area contributed by atoms with Crippen LogP contribution in [-0.2, 0) is 17.1 Å². The Bertz CT molecular complexity index is 585. The number of aromatic nitrogens is 1. The van der Waals surface area contributed by atoms with Gasteiger partial charge in [0.1, 0.15) is 10.8 Å². The Kier molecular flexibility index (Phi) is 5.09. The predicted octanol–water partition coefficient (Wildman–Crippen LogP) is 3.62. The molecule has 0 aliphatic rings. The molecule has 0 aliphatic carbocycles. The summed E-state index contributed by atoms with van der Waals surface area (Å²) in [7, 11) is 0. The van der Waals surface area contributed by atoms with Gasteiger partial charge in [-0.1, -0.05) is 0 Å². The normalized spacial score (nSPS) is 10.6. The molecule has 0 saturated carbocycles. The van der Waals surface area contributed by atoms with Crippen LogP contribution in [0.4, 0.5) is 10.1 Å². The number of hydrogen-bond donors (Lipinski definition) is 0. The van der Waals surface area contributed by atoms with Crippen molar-refractivity contribution in [3.8, 4) is 0 Å². The number of alkyl halides is 1. The van der Waals surface area contributed by atoms with Gasteiger partial charge in [-0.15, -0.1) is 22.9 Å². The van der Waals surface area contributed by atoms with E-state index < -0.39 is 0 Å². The first-order valence-corrected chi connectivity index (χ1v) is 7.60. The zero-order valence-corrected chi connectivity index (χ0v) is 12.5. The van der Waals surface area contributed by atoms with Gasteiger partial charge in [0.05, 0.1) is 18.0 Å². The van der Waals surface area contributed by atoms with E-state index in [0.717, 1.165) is 10.7 Å². The maximum Gasteiger partial charge on any atom is 0.233 e. The molecule has 6 heteroatoms. The Labute approximate surface area is 126 Å². The van der Waals surface area contributed by atoms with Crippen LogP contribution in [0.5, 0.6) is 0 Å². The zero-order chi connectivity index (χ0) is 14.5. The highest BCUT2D eigenvalue weighted by molar-refractivity contribution is 7.09. The summed E-state index contributed by atoms with van der Waals surface area (Å²) >= 11 is 7.12. The van der Waals surface area contributed by atoms with Crippen LogP contribution in [0, 0.1) is 5.82 Å². The molecule has 0 spiro atoms. The van der Waals surface area contributed by atoms with E-state index in [1.165, 1.54) is 23.5 Å². The first-order chi connectivity index (χ1) is 9.63. The number of amides is 1. The molecular formula is C14H14ClFN2OS. The monoisotopic (exact) mass is 312 g/mol. The summed E-state index contributed by atoms with van der Waals surface area (Å²) in [5, 5.41) is 2.59. The van der Waals surface area contributed by atoms with Crippen molar-refractivity contribution in [3.63, 3.8) is 0 Å². The van der Waals surface area contributed by atoms with Gasteiger partial charge < -0.3 is 4.90 Å². The van der Waals surface area contributed by atoms with Gasteiger partial charge in [-0.25, -0.2) is 9.37 Å². The fraction of sp³-hybridized carbons (Fsp3) is 0.286. The molecule has 0 fully saturated rings. The Balaban J connectivity index is 2.10. The van der Waals surface area contributed by atoms with Crippen molar-refractivity contribution in [2.24, 2.45) is 0 Å². The van der Waals surface area contributed by atoms with Crippen LogP contribution in [-0.4, -0.2) is 17.4 Å². The van der Waals surface area contributed by atoms with Gasteiger partial charge in [-0.2, -0.15) is 0 Å². The number of likely N-dealkylation sites (N-methyl/N-ethyl adjacent to an activating group) is 1. The molecule has 2 aromatic rings. The number of halogens is 2. The lowest BCUT2D eigenvalue weighted by atomic mass is 10.2. The average molecular weight is 313 g/mol. The van der Waals surface area contributed by atoms with Crippen LogP contribution >= 0.6 is 22.9 Å². The third kappa shape index (κ3) is 3.55. The smallest absolute Gasteiger partial charge is 0.233 e. The maximum absolute atomic E-state index is 12.9. The Morgan fingerprint density at radius 1 is 1.40 bits per heavy atom. The van der Waals surface area contributed by atoms with Crippen molar-refractivity contribution in [3.05, 3.63) is 46.2 Å². The molecule has 1 aromatic carbocycles. The second-order valence-electron chi connectivity index (χ2n) is 4.16. The first kappa shape index (κ1) is 14.9. The summed E-state index contributed by atoms with van der Waals surface area (Å²) in [6.45, 7) is 2.41. The molecule has 20 heavy (non-hydrogen) atoms. The SMILES string of the molecule is CCN(C(=O)Cc1nc(CCl)cs1)c1ccc(F)cc1. The van der Waals surface area contributed by atoms with E-state index in [-0.39, 0.29) is 18.1 Å². The largest absolute Gasteiger partial charge is 0.312 e. The van der Waals surface area contributed by atoms with Crippen LogP contribution in [0.25, 0.3) is 0 Å². The number of benzene rings is 1. The van der Waals surface area contributed by atoms with Gasteiger partial charge in [-0.05, 0) is 31.2 Å². The van der Waals surface area contributed by atoms with Crippen LogP contribution in [0.3, 0.4) is 0 Å². The molecule has 0 bridgehead atoms. The highest BCUT2D eigenvalue weighted by atomic mass is 35.5. The Hall–Kier alpha value is -1.46. The summed E-state index contributed by atoms with van der Waals surface area (Å²) in [5.41, 5.74) is 1.47. The third-order valence-electron chi connectivity index (χ3n) is 2.79. The molecule has 0 radical (unpaired) electrons. The molecule has 2 rings (SSSR count). The lowest BCUT2D eigenvalue weighted by Crippen LogP contribution is -2.31. The van der Waals surface area contributed by atoms with E-state index >= 15 is 0 Å². The summed E-state index contributed by atoms with van der Waals surface area (Å²) in [4.78, 5) is 18.2. The molecule has 3 nitrogen and oxygen atoms in total. The summed E-state index contributed by atoms with van der Waals surface area (Å²) in [6, 6.07) is 5.89. The molecule has 106 valence electrons. The average Bonchev–Trinajstić information content (AvgIpc) is 2.89. The van der Waals surface area contributed by atoms with Crippen molar-refractivity contribution in [1.82, 2.24) is 4.98 Å². The molecular weight excluding hydrogens is 299 g/mol. The number of carbonyl (C=O) groups excluding carboxylic acids is 1. The molecule has 0 aliphatic heterocycles. The molecule has 1 heterocycles. The number of hydrogen-bond acceptors (Lipinski definition) is 3. The molecule has 0 unspecified atom stereocenters. The van der Waals surface area contributed by atoms with Crippen LogP contribution in [0.2, 0.25) is 0 Å². The van der Waals surface area contributed by atoms with E-state index in [1.54, 1.807) is 17.0 Å². The topological polar surface area (TPSA) is 33.2 Å². The van der Waals surface area contributed by atoms with Gasteiger partial charge in [0.2, 0.25) is 5.91 Å². The molecule has 0 saturated heterocycles. The highest BCUT2D eigenvalue weighted by Crippen LogP contribution is 2.18. The lowest BCUT2D eigenvalue weighted by Gasteiger charge is -2.20. The zero-order valence-electron chi connectivity index (χ0n) is 11.0. The maximum atomic E-state index is 12.9. The van der Waals surface area contributed by atoms with Crippen molar-refractivity contribution in [2.75, 3.05) is 11.4 Å². The quantitative estimate of drug-likeness (QED) is 0.790. The highest BCUT2D eigenvalue weighted by Gasteiger charge is 2.16. The minimum Gasteiger partial charge on any atom is -0.312 e. The van der Waals surface area contributed by atoms with E-state index in [0.29, 0.717) is 18.1 Å². The van der Waals surface area contributed by atoms with Crippen molar-refractivity contribution in [2.45, 2.75) is 19.2 Å². The Morgan fingerprint density at radius 2 is 2.10 bits per heavy atom. The lowest BCUT2D eigenvalue weighted by molar-refractivity contribution is -0.117. The third-order valence-corrected chi connectivity index (χ3v) is 3.97. The summed E-state index contributed by atoms with van der Waals surface area (Å²) in [5.74, 6) is -0.0290. The van der Waals surface area contributed by atoms with Gasteiger partial charge in [0.15, 0.2) is 0 Å². The minimum absolute atomic E-state index is 0.0606. The number of anilines is 1. The molecule has 1 aromatic heterocycles. The number of thiazole rings is 1. The van der Waals surface area contributed by atoms with E-state index in [9.17, 15) is 9.18 Å². The molecule has 0 N–H and O–H groups in total. The fourth-order valence-electron chi connectivity index (χ4n) is 1.84. The number of carbonyl (C=O) groups is 1. The van der Waals surface area contributed by atoms with Gasteiger partial charge in [0, 0.05) is 17.6 Å². The molecule has 0 atom stereocenters. The Morgan fingerprint density at radius 3 is 2.65 bits per heavy atom. The van der Waals surface area contributed by atoms with Crippen LogP contribution in [0.15, 0.2) is 29.6 Å². The van der Waals surface area contributed by atoms with E-state index in [4.69, 9.17) is 11.6 Å². The van der Waals surface area contributed by atoms with Gasteiger partial charge in [0.25, 0.3) is 0 Å². The number of nitrogens with zero attached hydrogens (tertiary/aromatic N) is 2.